The van der Waals surface area contributed by atoms with Crippen LogP contribution >= 0.6 is 11.6 Å². The molecule has 21 heavy (non-hydrogen) atoms. The van der Waals surface area contributed by atoms with Crippen molar-refractivity contribution >= 4 is 23.2 Å². The number of anilines is 1. The zero-order chi connectivity index (χ0) is 15.6. The third kappa shape index (κ3) is 3.34. The van der Waals surface area contributed by atoms with E-state index in [9.17, 15) is 10.1 Å². The first-order valence-electron chi connectivity index (χ1n) is 5.89. The molecule has 110 valence electrons. The van der Waals surface area contributed by atoms with E-state index < -0.39 is 4.92 Å². The first-order valence-corrected chi connectivity index (χ1v) is 6.27. The number of halogens is 1. The van der Waals surface area contributed by atoms with Crippen molar-refractivity contribution in [3.8, 4) is 11.8 Å². The van der Waals surface area contributed by atoms with Gasteiger partial charge in [0.1, 0.15) is 5.75 Å². The highest BCUT2D eigenvalue weighted by molar-refractivity contribution is 6.28. The Labute approximate surface area is 125 Å². The minimum Gasteiger partial charge on any atom is -0.424 e. The summed E-state index contributed by atoms with van der Waals surface area (Å²) in [6.07, 6.45) is 0. The molecule has 0 aliphatic heterocycles. The number of nitrogens with zero attached hydrogens (tertiary/aromatic N) is 5. The first-order chi connectivity index (χ1) is 9.88. The summed E-state index contributed by atoms with van der Waals surface area (Å²) in [5, 5.41) is 10.9. The molecule has 0 N–H and O–H groups in total. The lowest BCUT2D eigenvalue weighted by Gasteiger charge is -2.12. The molecule has 0 aliphatic carbocycles. The molecule has 0 fully saturated rings. The van der Waals surface area contributed by atoms with E-state index in [-0.39, 0.29) is 22.7 Å². The predicted octanol–water partition coefficient (Wildman–Crippen LogP) is 2.60. The summed E-state index contributed by atoms with van der Waals surface area (Å²) in [6.45, 7) is 1.59. The molecule has 0 saturated carbocycles. The standard InChI is InChI=1S/C12H12ClN5O3/c1-7-8(18(19)20)5-4-6-9(7)21-12-15-10(13)14-11(16-12)17(2)3/h4-6H,1-3H3. The van der Waals surface area contributed by atoms with E-state index in [1.54, 1.807) is 32.0 Å². The average Bonchev–Trinajstić information content (AvgIpc) is 2.40. The largest absolute Gasteiger partial charge is 0.424 e. The normalized spacial score (nSPS) is 10.3. The number of ether oxygens (including phenoxy) is 1. The summed E-state index contributed by atoms with van der Waals surface area (Å²) in [7, 11) is 3.49. The van der Waals surface area contributed by atoms with E-state index in [0.29, 0.717) is 11.5 Å². The van der Waals surface area contributed by atoms with Crippen LogP contribution in [-0.2, 0) is 0 Å². The Hall–Kier alpha value is -2.48. The first kappa shape index (κ1) is 14.9. The minimum atomic E-state index is -0.478. The quantitative estimate of drug-likeness (QED) is 0.632. The molecule has 8 nitrogen and oxygen atoms in total. The molecule has 0 atom stereocenters. The number of benzene rings is 1. The minimum absolute atomic E-state index is 0.0215. The highest BCUT2D eigenvalue weighted by atomic mass is 35.5. The summed E-state index contributed by atoms with van der Waals surface area (Å²) >= 11 is 5.80. The summed E-state index contributed by atoms with van der Waals surface area (Å²) in [6, 6.07) is 4.49. The second-order valence-electron chi connectivity index (χ2n) is 4.34. The van der Waals surface area contributed by atoms with Gasteiger partial charge >= 0.3 is 6.01 Å². The van der Waals surface area contributed by atoms with Crippen LogP contribution in [0, 0.1) is 17.0 Å². The lowest BCUT2D eigenvalue weighted by Crippen LogP contribution is -2.13. The second-order valence-corrected chi connectivity index (χ2v) is 4.68. The molecule has 0 spiro atoms. The number of hydrogen-bond acceptors (Lipinski definition) is 7. The third-order valence-electron chi connectivity index (χ3n) is 2.63. The van der Waals surface area contributed by atoms with Crippen LogP contribution in [0.3, 0.4) is 0 Å². The van der Waals surface area contributed by atoms with Crippen LogP contribution in [0.25, 0.3) is 0 Å². The molecule has 9 heteroatoms. The van der Waals surface area contributed by atoms with E-state index in [1.807, 2.05) is 0 Å². The van der Waals surface area contributed by atoms with Crippen molar-refractivity contribution in [2.75, 3.05) is 19.0 Å². The van der Waals surface area contributed by atoms with Crippen molar-refractivity contribution in [3.63, 3.8) is 0 Å². The molecule has 0 unspecified atom stereocenters. The maximum absolute atomic E-state index is 10.9. The van der Waals surface area contributed by atoms with Crippen LogP contribution in [0.15, 0.2) is 18.2 Å². The fraction of sp³-hybridized carbons (Fsp3) is 0.250. The van der Waals surface area contributed by atoms with E-state index in [1.165, 1.54) is 12.1 Å². The summed E-state index contributed by atoms with van der Waals surface area (Å²) in [4.78, 5) is 23.9. The molecule has 0 amide bonds. The van der Waals surface area contributed by atoms with E-state index in [2.05, 4.69) is 15.0 Å². The molecular formula is C12H12ClN5O3. The van der Waals surface area contributed by atoms with Crippen LogP contribution in [0.1, 0.15) is 5.56 Å². The topological polar surface area (TPSA) is 94.3 Å². The zero-order valence-electron chi connectivity index (χ0n) is 11.6. The Balaban J connectivity index is 2.39. The fourth-order valence-corrected chi connectivity index (χ4v) is 1.73. The molecule has 0 radical (unpaired) electrons. The average molecular weight is 310 g/mol. The van der Waals surface area contributed by atoms with Gasteiger partial charge in [0.05, 0.1) is 10.5 Å². The number of nitro benzene ring substituents is 1. The third-order valence-corrected chi connectivity index (χ3v) is 2.80. The maximum Gasteiger partial charge on any atom is 0.328 e. The SMILES string of the molecule is Cc1c(Oc2nc(Cl)nc(N(C)C)n2)cccc1[N+](=O)[O-]. The van der Waals surface area contributed by atoms with Gasteiger partial charge in [-0.3, -0.25) is 10.1 Å². The van der Waals surface area contributed by atoms with Crippen LogP contribution in [-0.4, -0.2) is 34.0 Å². The molecule has 1 aromatic heterocycles. The zero-order valence-corrected chi connectivity index (χ0v) is 12.3. The van der Waals surface area contributed by atoms with Gasteiger partial charge in [0, 0.05) is 20.2 Å². The van der Waals surface area contributed by atoms with Crippen molar-refractivity contribution in [2.24, 2.45) is 0 Å². The van der Waals surface area contributed by atoms with Crippen molar-refractivity contribution in [1.82, 2.24) is 15.0 Å². The van der Waals surface area contributed by atoms with Crippen LogP contribution in [0.4, 0.5) is 11.6 Å². The van der Waals surface area contributed by atoms with Gasteiger partial charge in [-0.2, -0.15) is 15.0 Å². The number of hydrogen-bond donors (Lipinski definition) is 0. The lowest BCUT2D eigenvalue weighted by atomic mass is 10.2. The van der Waals surface area contributed by atoms with Gasteiger partial charge in [0.15, 0.2) is 0 Å². The molecule has 0 aliphatic rings. The fourth-order valence-electron chi connectivity index (χ4n) is 1.58. The smallest absolute Gasteiger partial charge is 0.328 e. The molecule has 0 saturated heterocycles. The Bertz CT molecular complexity index is 693. The Morgan fingerprint density at radius 2 is 2.00 bits per heavy atom. The molecule has 1 aromatic carbocycles. The van der Waals surface area contributed by atoms with Crippen molar-refractivity contribution in [3.05, 3.63) is 39.2 Å². The predicted molar refractivity (Wildman–Crippen MR) is 77.1 cm³/mol. The molecule has 2 aromatic rings. The Morgan fingerprint density at radius 1 is 1.29 bits per heavy atom. The highest BCUT2D eigenvalue weighted by Crippen LogP contribution is 2.30. The summed E-state index contributed by atoms with van der Waals surface area (Å²) in [5.41, 5.74) is 0.339. The lowest BCUT2D eigenvalue weighted by molar-refractivity contribution is -0.385. The van der Waals surface area contributed by atoms with Crippen LogP contribution in [0.5, 0.6) is 11.8 Å². The van der Waals surface area contributed by atoms with Gasteiger partial charge in [-0.15, -0.1) is 0 Å². The molecular weight excluding hydrogens is 298 g/mol. The number of nitro groups is 1. The number of aromatic nitrogens is 3. The molecule has 1 heterocycles. The monoisotopic (exact) mass is 309 g/mol. The Kier molecular flexibility index (Phi) is 4.18. The molecule has 2 rings (SSSR count). The molecule has 0 bridgehead atoms. The summed E-state index contributed by atoms with van der Waals surface area (Å²) in [5.74, 6) is 0.615. The van der Waals surface area contributed by atoms with Gasteiger partial charge < -0.3 is 9.64 Å². The van der Waals surface area contributed by atoms with Gasteiger partial charge in [-0.1, -0.05) is 6.07 Å². The van der Waals surface area contributed by atoms with Gasteiger partial charge in [-0.25, -0.2) is 0 Å². The Morgan fingerprint density at radius 3 is 2.62 bits per heavy atom. The second kappa shape index (κ2) is 5.88. The van der Waals surface area contributed by atoms with Crippen molar-refractivity contribution in [1.29, 1.82) is 0 Å². The van der Waals surface area contributed by atoms with Gasteiger partial charge in [0.25, 0.3) is 5.69 Å². The highest BCUT2D eigenvalue weighted by Gasteiger charge is 2.16. The maximum atomic E-state index is 10.9. The van der Waals surface area contributed by atoms with E-state index in [0.717, 1.165) is 0 Å². The van der Waals surface area contributed by atoms with Crippen molar-refractivity contribution in [2.45, 2.75) is 6.92 Å². The van der Waals surface area contributed by atoms with E-state index >= 15 is 0 Å². The van der Waals surface area contributed by atoms with Gasteiger partial charge in [-0.05, 0) is 24.6 Å². The van der Waals surface area contributed by atoms with Crippen LogP contribution in [0.2, 0.25) is 5.28 Å². The van der Waals surface area contributed by atoms with Crippen LogP contribution < -0.4 is 9.64 Å². The van der Waals surface area contributed by atoms with Gasteiger partial charge in [0.2, 0.25) is 11.2 Å². The van der Waals surface area contributed by atoms with Crippen molar-refractivity contribution < 1.29 is 9.66 Å². The number of rotatable bonds is 4. The summed E-state index contributed by atoms with van der Waals surface area (Å²) < 4.78 is 5.49. The van der Waals surface area contributed by atoms with E-state index in [4.69, 9.17) is 16.3 Å².